The number of imidazole rings is 1. The molecule has 20 heavy (non-hydrogen) atoms. The summed E-state index contributed by atoms with van der Waals surface area (Å²) in [7, 11) is 0. The summed E-state index contributed by atoms with van der Waals surface area (Å²) in [4.78, 5) is 6.02. The summed E-state index contributed by atoms with van der Waals surface area (Å²) >= 11 is 11.4. The van der Waals surface area contributed by atoms with E-state index < -0.39 is 0 Å². The van der Waals surface area contributed by atoms with Gasteiger partial charge in [0.25, 0.3) is 0 Å². The second-order valence-electron chi connectivity index (χ2n) is 4.80. The number of thiophene rings is 1. The largest absolute Gasteiger partial charge is 0.324 e. The predicted octanol–water partition coefficient (Wildman–Crippen LogP) is 5.40. The fraction of sp³-hybridized carbons (Fsp3) is 0.267. The summed E-state index contributed by atoms with van der Waals surface area (Å²) in [5.74, 6) is 1.37. The van der Waals surface area contributed by atoms with Crippen LogP contribution in [-0.2, 0) is 12.3 Å². The van der Waals surface area contributed by atoms with E-state index in [9.17, 15) is 0 Å². The third kappa shape index (κ3) is 2.65. The minimum Gasteiger partial charge on any atom is -0.324 e. The summed E-state index contributed by atoms with van der Waals surface area (Å²) in [6, 6.07) is 10.8. The Morgan fingerprint density at radius 1 is 1.40 bits per heavy atom. The highest BCUT2D eigenvalue weighted by atomic mass is 79.9. The second-order valence-corrected chi connectivity index (χ2v) is 7.01. The molecule has 1 unspecified atom stereocenters. The van der Waals surface area contributed by atoms with E-state index in [1.807, 2.05) is 12.1 Å². The minimum absolute atomic E-state index is 0.335. The molecule has 104 valence electrons. The van der Waals surface area contributed by atoms with Gasteiger partial charge in [0.15, 0.2) is 0 Å². The van der Waals surface area contributed by atoms with Gasteiger partial charge in [-0.15, -0.1) is 22.9 Å². The lowest BCUT2D eigenvalue weighted by Gasteiger charge is -2.16. The van der Waals surface area contributed by atoms with Crippen molar-refractivity contribution in [2.75, 3.05) is 0 Å². The molecule has 0 amide bonds. The Morgan fingerprint density at radius 3 is 2.95 bits per heavy atom. The van der Waals surface area contributed by atoms with E-state index in [1.54, 1.807) is 11.3 Å². The van der Waals surface area contributed by atoms with Crippen LogP contribution < -0.4 is 0 Å². The molecule has 0 fully saturated rings. The molecular weight excluding hydrogens is 356 g/mol. The van der Waals surface area contributed by atoms with Crippen molar-refractivity contribution in [3.05, 3.63) is 50.9 Å². The van der Waals surface area contributed by atoms with Gasteiger partial charge in [0.1, 0.15) is 5.82 Å². The third-order valence-electron chi connectivity index (χ3n) is 3.36. The van der Waals surface area contributed by atoms with Crippen molar-refractivity contribution in [3.63, 3.8) is 0 Å². The number of hydrogen-bond acceptors (Lipinski definition) is 2. The zero-order valence-electron chi connectivity index (χ0n) is 11.0. The number of rotatable bonds is 4. The summed E-state index contributed by atoms with van der Waals surface area (Å²) in [5.41, 5.74) is 2.14. The Kier molecular flexibility index (Phi) is 4.15. The standard InChI is InChI=1S/C15H14BrClN2S/c1-10(7-12-3-2-6-20-12)19-14-8-11(16)4-5-13(14)18-15(19)9-17/h2-6,8,10H,7,9H2,1H3. The van der Waals surface area contributed by atoms with Gasteiger partial charge in [0, 0.05) is 21.8 Å². The molecule has 2 heterocycles. The first-order valence-electron chi connectivity index (χ1n) is 6.43. The van der Waals surface area contributed by atoms with E-state index in [1.165, 1.54) is 4.88 Å². The molecule has 0 aliphatic carbocycles. The minimum atomic E-state index is 0.335. The number of fused-ring (bicyclic) bond motifs is 1. The zero-order valence-corrected chi connectivity index (χ0v) is 14.2. The predicted molar refractivity (Wildman–Crippen MR) is 89.7 cm³/mol. The Labute approximate surface area is 135 Å². The summed E-state index contributed by atoms with van der Waals surface area (Å²) in [6.07, 6.45) is 1.000. The van der Waals surface area contributed by atoms with Gasteiger partial charge in [0.2, 0.25) is 0 Å². The number of alkyl halides is 1. The van der Waals surface area contributed by atoms with Crippen molar-refractivity contribution >= 4 is 49.9 Å². The topological polar surface area (TPSA) is 17.8 Å². The Morgan fingerprint density at radius 2 is 2.25 bits per heavy atom. The van der Waals surface area contributed by atoms with Crippen LogP contribution in [0, 0.1) is 0 Å². The highest BCUT2D eigenvalue weighted by molar-refractivity contribution is 9.10. The molecule has 3 rings (SSSR count). The Bertz CT molecular complexity index is 721. The van der Waals surface area contributed by atoms with Crippen LogP contribution >= 0.6 is 38.9 Å². The van der Waals surface area contributed by atoms with Crippen LogP contribution in [-0.4, -0.2) is 9.55 Å². The summed E-state index contributed by atoms with van der Waals surface area (Å²) < 4.78 is 3.32. The number of benzene rings is 1. The molecule has 3 aromatic rings. The molecule has 2 nitrogen and oxygen atoms in total. The molecule has 1 atom stereocenters. The SMILES string of the molecule is CC(Cc1cccs1)n1c(CCl)nc2ccc(Br)cc21. The zero-order chi connectivity index (χ0) is 14.1. The van der Waals surface area contributed by atoms with Crippen LogP contribution in [0.15, 0.2) is 40.2 Å². The Hall–Kier alpha value is -0.840. The van der Waals surface area contributed by atoms with E-state index >= 15 is 0 Å². The lowest BCUT2D eigenvalue weighted by Crippen LogP contribution is -2.10. The van der Waals surface area contributed by atoms with E-state index in [4.69, 9.17) is 11.6 Å². The molecule has 0 N–H and O–H groups in total. The fourth-order valence-electron chi connectivity index (χ4n) is 2.51. The lowest BCUT2D eigenvalue weighted by molar-refractivity contribution is 0.547. The number of nitrogens with zero attached hydrogens (tertiary/aromatic N) is 2. The van der Waals surface area contributed by atoms with Crippen LogP contribution in [0.4, 0.5) is 0 Å². The van der Waals surface area contributed by atoms with Gasteiger partial charge in [-0.2, -0.15) is 0 Å². The molecule has 0 bridgehead atoms. The van der Waals surface area contributed by atoms with Crippen molar-refractivity contribution in [1.82, 2.24) is 9.55 Å². The van der Waals surface area contributed by atoms with Gasteiger partial charge in [-0.05, 0) is 36.6 Å². The summed E-state index contributed by atoms with van der Waals surface area (Å²) in [5, 5.41) is 2.12. The van der Waals surface area contributed by atoms with Gasteiger partial charge in [-0.25, -0.2) is 4.98 Å². The van der Waals surface area contributed by atoms with E-state index in [-0.39, 0.29) is 0 Å². The number of aromatic nitrogens is 2. The first kappa shape index (κ1) is 14.1. The molecule has 0 aliphatic heterocycles. The van der Waals surface area contributed by atoms with Crippen molar-refractivity contribution in [2.24, 2.45) is 0 Å². The monoisotopic (exact) mass is 368 g/mol. The van der Waals surface area contributed by atoms with Crippen molar-refractivity contribution in [1.29, 1.82) is 0 Å². The van der Waals surface area contributed by atoms with Crippen LogP contribution in [0.5, 0.6) is 0 Å². The molecule has 0 saturated carbocycles. The van der Waals surface area contributed by atoms with Crippen LogP contribution in [0.2, 0.25) is 0 Å². The fourth-order valence-corrected chi connectivity index (χ4v) is 3.88. The average molecular weight is 370 g/mol. The second kappa shape index (κ2) is 5.88. The van der Waals surface area contributed by atoms with Crippen molar-refractivity contribution in [2.45, 2.75) is 25.3 Å². The molecule has 0 aliphatic rings. The molecule has 0 spiro atoms. The highest BCUT2D eigenvalue weighted by Gasteiger charge is 2.16. The third-order valence-corrected chi connectivity index (χ3v) is 4.99. The molecular formula is C15H14BrClN2S. The first-order chi connectivity index (χ1) is 9.69. The van der Waals surface area contributed by atoms with E-state index in [2.05, 4.69) is 56.0 Å². The van der Waals surface area contributed by atoms with Crippen LogP contribution in [0.1, 0.15) is 23.7 Å². The molecule has 2 aromatic heterocycles. The molecule has 0 saturated heterocycles. The maximum absolute atomic E-state index is 6.08. The normalized spacial score (nSPS) is 12.9. The van der Waals surface area contributed by atoms with Gasteiger partial charge >= 0.3 is 0 Å². The number of hydrogen-bond donors (Lipinski definition) is 0. The maximum Gasteiger partial charge on any atom is 0.125 e. The summed E-state index contributed by atoms with van der Waals surface area (Å²) in [6.45, 7) is 2.22. The van der Waals surface area contributed by atoms with Gasteiger partial charge < -0.3 is 4.57 Å². The molecule has 5 heteroatoms. The molecule has 0 radical (unpaired) electrons. The van der Waals surface area contributed by atoms with Crippen molar-refractivity contribution < 1.29 is 0 Å². The number of halogens is 2. The maximum atomic E-state index is 6.08. The average Bonchev–Trinajstić information content (AvgIpc) is 3.04. The van der Waals surface area contributed by atoms with E-state index in [0.29, 0.717) is 11.9 Å². The van der Waals surface area contributed by atoms with Crippen LogP contribution in [0.25, 0.3) is 11.0 Å². The Balaban J connectivity index is 2.06. The smallest absolute Gasteiger partial charge is 0.125 e. The quantitative estimate of drug-likeness (QED) is 0.563. The van der Waals surface area contributed by atoms with E-state index in [0.717, 1.165) is 27.8 Å². The highest BCUT2D eigenvalue weighted by Crippen LogP contribution is 2.28. The van der Waals surface area contributed by atoms with Gasteiger partial charge in [-0.1, -0.05) is 22.0 Å². The van der Waals surface area contributed by atoms with Crippen molar-refractivity contribution in [3.8, 4) is 0 Å². The van der Waals surface area contributed by atoms with Gasteiger partial charge in [0.05, 0.1) is 16.9 Å². The lowest BCUT2D eigenvalue weighted by atomic mass is 10.2. The molecule has 1 aromatic carbocycles. The van der Waals surface area contributed by atoms with Crippen LogP contribution in [0.3, 0.4) is 0 Å². The van der Waals surface area contributed by atoms with Gasteiger partial charge in [-0.3, -0.25) is 0 Å². The first-order valence-corrected chi connectivity index (χ1v) is 8.64.